The monoisotopic (exact) mass is 396 g/mol. The van der Waals surface area contributed by atoms with Crippen molar-refractivity contribution in [3.63, 3.8) is 0 Å². The quantitative estimate of drug-likeness (QED) is 0.399. The topological polar surface area (TPSA) is 35.5 Å². The standard InChI is InChI=1S/C17H11F7O3/c1-2-26-11-5-3-9(4-6-11)10-7-12(18)14(13(19)8-10)27-15(25)16(20,21)17(22,23)24/h3-8H,2H2,1H3. The van der Waals surface area contributed by atoms with E-state index in [4.69, 9.17) is 4.74 Å². The summed E-state index contributed by atoms with van der Waals surface area (Å²) in [7, 11) is 0. The molecule has 0 spiro atoms. The van der Waals surface area contributed by atoms with Gasteiger partial charge in [-0.1, -0.05) is 12.1 Å². The van der Waals surface area contributed by atoms with E-state index in [0.717, 1.165) is 0 Å². The Labute approximate surface area is 148 Å². The maximum absolute atomic E-state index is 14.0. The lowest BCUT2D eigenvalue weighted by Gasteiger charge is -2.18. The van der Waals surface area contributed by atoms with Crippen molar-refractivity contribution in [3.8, 4) is 22.6 Å². The highest BCUT2D eigenvalue weighted by Gasteiger charge is 2.65. The van der Waals surface area contributed by atoms with Gasteiger partial charge in [-0.3, -0.25) is 0 Å². The molecule has 0 bridgehead atoms. The van der Waals surface area contributed by atoms with E-state index < -0.39 is 35.5 Å². The van der Waals surface area contributed by atoms with Crippen LogP contribution in [0.15, 0.2) is 36.4 Å². The average molecular weight is 396 g/mol. The Kier molecular flexibility index (Phi) is 5.67. The zero-order valence-electron chi connectivity index (χ0n) is 13.5. The molecule has 0 N–H and O–H groups in total. The van der Waals surface area contributed by atoms with Crippen LogP contribution in [0.1, 0.15) is 6.92 Å². The van der Waals surface area contributed by atoms with Crippen LogP contribution >= 0.6 is 0 Å². The van der Waals surface area contributed by atoms with Gasteiger partial charge in [0.1, 0.15) is 5.75 Å². The second-order valence-electron chi connectivity index (χ2n) is 5.19. The molecule has 0 aliphatic heterocycles. The zero-order valence-corrected chi connectivity index (χ0v) is 13.5. The molecule has 0 heterocycles. The Morgan fingerprint density at radius 3 is 1.89 bits per heavy atom. The third-order valence-electron chi connectivity index (χ3n) is 3.30. The SMILES string of the molecule is CCOc1ccc(-c2cc(F)c(OC(=O)C(F)(F)C(F)(F)F)c(F)c2)cc1. The van der Waals surface area contributed by atoms with Crippen LogP contribution in [0.3, 0.4) is 0 Å². The molecular weight excluding hydrogens is 385 g/mol. The molecule has 0 saturated heterocycles. The Balaban J connectivity index is 2.30. The van der Waals surface area contributed by atoms with Crippen LogP contribution in [0.25, 0.3) is 11.1 Å². The van der Waals surface area contributed by atoms with Gasteiger partial charge in [0.15, 0.2) is 11.6 Å². The van der Waals surface area contributed by atoms with Gasteiger partial charge < -0.3 is 9.47 Å². The van der Waals surface area contributed by atoms with Crippen LogP contribution in [0, 0.1) is 11.6 Å². The van der Waals surface area contributed by atoms with Gasteiger partial charge in [0, 0.05) is 0 Å². The predicted molar refractivity (Wildman–Crippen MR) is 79.6 cm³/mol. The van der Waals surface area contributed by atoms with Crippen molar-refractivity contribution in [1.29, 1.82) is 0 Å². The maximum Gasteiger partial charge on any atom is 0.465 e. The summed E-state index contributed by atoms with van der Waals surface area (Å²) >= 11 is 0. The summed E-state index contributed by atoms with van der Waals surface area (Å²) in [6.45, 7) is 2.15. The highest BCUT2D eigenvalue weighted by atomic mass is 19.4. The lowest BCUT2D eigenvalue weighted by atomic mass is 10.0. The number of carbonyl (C=O) groups excluding carboxylic acids is 1. The van der Waals surface area contributed by atoms with Crippen molar-refractivity contribution < 1.29 is 45.0 Å². The highest BCUT2D eigenvalue weighted by molar-refractivity contribution is 5.81. The smallest absolute Gasteiger partial charge is 0.465 e. The summed E-state index contributed by atoms with van der Waals surface area (Å²) in [5, 5.41) is 0. The van der Waals surface area contributed by atoms with Crippen molar-refractivity contribution in [2.75, 3.05) is 6.61 Å². The van der Waals surface area contributed by atoms with E-state index in [1.165, 1.54) is 24.3 Å². The normalized spacial score (nSPS) is 12.0. The molecule has 0 aromatic heterocycles. The lowest BCUT2D eigenvalue weighted by Crippen LogP contribution is -2.46. The molecule has 146 valence electrons. The van der Waals surface area contributed by atoms with Crippen LogP contribution in [0.4, 0.5) is 30.7 Å². The van der Waals surface area contributed by atoms with Crippen LogP contribution in [-0.2, 0) is 4.79 Å². The van der Waals surface area contributed by atoms with E-state index in [1.807, 2.05) is 0 Å². The molecule has 0 fully saturated rings. The minimum atomic E-state index is -6.26. The van der Waals surface area contributed by atoms with Gasteiger partial charge in [-0.2, -0.15) is 22.0 Å². The fourth-order valence-corrected chi connectivity index (χ4v) is 2.01. The van der Waals surface area contributed by atoms with Crippen LogP contribution in [0.5, 0.6) is 11.5 Å². The zero-order chi connectivity index (χ0) is 20.4. The van der Waals surface area contributed by atoms with E-state index in [2.05, 4.69) is 4.74 Å². The molecule has 0 saturated carbocycles. The molecule has 0 radical (unpaired) electrons. The van der Waals surface area contributed by atoms with E-state index in [-0.39, 0.29) is 5.56 Å². The maximum atomic E-state index is 14.0. The van der Waals surface area contributed by atoms with Crippen LogP contribution in [-0.4, -0.2) is 24.7 Å². The first-order chi connectivity index (χ1) is 12.5. The van der Waals surface area contributed by atoms with E-state index in [1.54, 1.807) is 6.92 Å². The van der Waals surface area contributed by atoms with Crippen molar-refractivity contribution in [2.45, 2.75) is 19.0 Å². The van der Waals surface area contributed by atoms with Gasteiger partial charge in [-0.05, 0) is 42.3 Å². The number of benzene rings is 2. The van der Waals surface area contributed by atoms with Crippen molar-refractivity contribution >= 4 is 5.97 Å². The Morgan fingerprint density at radius 2 is 1.44 bits per heavy atom. The summed E-state index contributed by atoms with van der Waals surface area (Å²) in [5.74, 6) is -13.5. The number of esters is 1. The van der Waals surface area contributed by atoms with E-state index >= 15 is 0 Å². The Hall–Kier alpha value is -2.78. The summed E-state index contributed by atoms with van der Waals surface area (Å²) in [6.07, 6.45) is -6.26. The molecule has 0 unspecified atom stereocenters. The average Bonchev–Trinajstić information content (AvgIpc) is 2.57. The van der Waals surface area contributed by atoms with E-state index in [0.29, 0.717) is 30.1 Å². The number of rotatable bonds is 5. The largest absolute Gasteiger partial charge is 0.494 e. The van der Waals surface area contributed by atoms with Gasteiger partial charge in [-0.25, -0.2) is 13.6 Å². The molecule has 2 rings (SSSR count). The Morgan fingerprint density at radius 1 is 0.926 bits per heavy atom. The summed E-state index contributed by atoms with van der Waals surface area (Å²) in [5.41, 5.74) is 0.241. The molecular formula is C17H11F7O3. The summed E-state index contributed by atoms with van der Waals surface area (Å²) < 4.78 is 98.8. The van der Waals surface area contributed by atoms with Crippen LogP contribution in [0.2, 0.25) is 0 Å². The number of ether oxygens (including phenoxy) is 2. The highest BCUT2D eigenvalue weighted by Crippen LogP contribution is 2.38. The minimum Gasteiger partial charge on any atom is -0.494 e. The summed E-state index contributed by atoms with van der Waals surface area (Å²) in [4.78, 5) is 11.0. The Bertz CT molecular complexity index is 806. The lowest BCUT2D eigenvalue weighted by molar-refractivity contribution is -0.276. The third-order valence-corrected chi connectivity index (χ3v) is 3.30. The molecule has 2 aromatic carbocycles. The minimum absolute atomic E-state index is 0.0598. The fraction of sp³-hybridized carbons (Fsp3) is 0.235. The van der Waals surface area contributed by atoms with Gasteiger partial charge in [0.05, 0.1) is 6.61 Å². The van der Waals surface area contributed by atoms with Crippen LogP contribution < -0.4 is 9.47 Å². The second kappa shape index (κ2) is 7.45. The number of hydrogen-bond acceptors (Lipinski definition) is 3. The van der Waals surface area contributed by atoms with E-state index in [9.17, 15) is 35.5 Å². The van der Waals surface area contributed by atoms with Crippen molar-refractivity contribution in [2.24, 2.45) is 0 Å². The first kappa shape index (κ1) is 20.5. The predicted octanol–water partition coefficient (Wildman–Crippen LogP) is 5.13. The number of carbonyl (C=O) groups is 1. The van der Waals surface area contributed by atoms with Gasteiger partial charge >= 0.3 is 18.1 Å². The molecule has 0 aliphatic carbocycles. The van der Waals surface area contributed by atoms with Crippen molar-refractivity contribution in [1.82, 2.24) is 0 Å². The molecule has 3 nitrogen and oxygen atoms in total. The van der Waals surface area contributed by atoms with Gasteiger partial charge in [-0.15, -0.1) is 0 Å². The number of halogens is 7. The molecule has 10 heteroatoms. The van der Waals surface area contributed by atoms with Gasteiger partial charge in [0.25, 0.3) is 0 Å². The van der Waals surface area contributed by atoms with Gasteiger partial charge in [0.2, 0.25) is 5.75 Å². The molecule has 27 heavy (non-hydrogen) atoms. The fourth-order valence-electron chi connectivity index (χ4n) is 2.01. The first-order valence-corrected chi connectivity index (χ1v) is 7.36. The summed E-state index contributed by atoms with van der Waals surface area (Å²) in [6, 6.07) is 7.17. The third kappa shape index (κ3) is 4.32. The number of hydrogen-bond donors (Lipinski definition) is 0. The molecule has 2 aromatic rings. The number of alkyl halides is 5. The molecule has 0 aliphatic rings. The second-order valence-corrected chi connectivity index (χ2v) is 5.19. The molecule has 0 amide bonds. The molecule has 0 atom stereocenters. The first-order valence-electron chi connectivity index (χ1n) is 7.36. The van der Waals surface area contributed by atoms with Crippen molar-refractivity contribution in [3.05, 3.63) is 48.0 Å².